The number of hydrogen-bond acceptors (Lipinski definition) is 5. The van der Waals surface area contributed by atoms with Crippen LogP contribution in [0.5, 0.6) is 5.75 Å². The van der Waals surface area contributed by atoms with Crippen molar-refractivity contribution in [1.82, 2.24) is 15.1 Å². The smallest absolute Gasteiger partial charge is 0.251 e. The molecule has 1 aromatic heterocycles. The van der Waals surface area contributed by atoms with E-state index in [9.17, 15) is 0 Å². The molecule has 5 heteroatoms. The third kappa shape index (κ3) is 3.71. The molecule has 1 saturated heterocycles. The molecule has 1 saturated carbocycles. The summed E-state index contributed by atoms with van der Waals surface area (Å²) in [5.74, 6) is 3.34. The maximum absolute atomic E-state index is 6.01. The zero-order valence-corrected chi connectivity index (χ0v) is 15.0. The molecule has 1 aliphatic heterocycles. The summed E-state index contributed by atoms with van der Waals surface area (Å²) in [6.45, 7) is 3.43. The molecular weight excluding hydrogens is 314 g/mol. The van der Waals surface area contributed by atoms with E-state index < -0.39 is 0 Å². The molecular formula is C20H27N3O2. The molecule has 2 fully saturated rings. The minimum Gasteiger partial charge on any atom is -0.496 e. The van der Waals surface area contributed by atoms with Crippen LogP contribution >= 0.6 is 0 Å². The van der Waals surface area contributed by atoms with Crippen LogP contribution in [0.3, 0.4) is 0 Å². The molecule has 1 aromatic carbocycles. The minimum absolute atomic E-state index is 0.361. The third-order valence-corrected chi connectivity index (χ3v) is 5.64. The van der Waals surface area contributed by atoms with E-state index in [2.05, 4.69) is 15.1 Å². The Morgan fingerprint density at radius 2 is 1.96 bits per heavy atom. The molecule has 1 aliphatic carbocycles. The summed E-state index contributed by atoms with van der Waals surface area (Å²) < 4.78 is 11.4. The van der Waals surface area contributed by atoms with Gasteiger partial charge in [-0.3, -0.25) is 0 Å². The second kappa shape index (κ2) is 7.56. The first-order chi connectivity index (χ1) is 12.3. The highest BCUT2D eigenvalue weighted by Crippen LogP contribution is 2.33. The molecule has 0 bridgehead atoms. The van der Waals surface area contributed by atoms with Gasteiger partial charge in [-0.05, 0) is 43.9 Å². The third-order valence-electron chi connectivity index (χ3n) is 5.64. The van der Waals surface area contributed by atoms with Crippen LogP contribution in [0.2, 0.25) is 0 Å². The second-order valence-corrected chi connectivity index (χ2v) is 7.39. The van der Waals surface area contributed by atoms with Crippen molar-refractivity contribution in [2.24, 2.45) is 5.92 Å². The van der Waals surface area contributed by atoms with Gasteiger partial charge in [0, 0.05) is 13.1 Å². The Kier molecular flexibility index (Phi) is 5.02. The van der Waals surface area contributed by atoms with Crippen LogP contribution in [0.4, 0.5) is 0 Å². The summed E-state index contributed by atoms with van der Waals surface area (Å²) in [5, 5.41) is 8.60. The van der Waals surface area contributed by atoms with Crippen LogP contribution in [0.1, 0.15) is 50.3 Å². The average molecular weight is 341 g/mol. The Hall–Kier alpha value is -1.88. The molecule has 2 heterocycles. The number of nitrogens with zero attached hydrogens (tertiary/aromatic N) is 3. The molecule has 134 valence electrons. The number of methoxy groups -OCH3 is 1. The van der Waals surface area contributed by atoms with E-state index in [1.807, 2.05) is 24.3 Å². The summed E-state index contributed by atoms with van der Waals surface area (Å²) in [5.41, 5.74) is 0.862. The van der Waals surface area contributed by atoms with Crippen LogP contribution in [0, 0.1) is 5.92 Å². The van der Waals surface area contributed by atoms with Crippen molar-refractivity contribution in [3.8, 4) is 17.2 Å². The molecule has 0 spiro atoms. The minimum atomic E-state index is 0.361. The second-order valence-electron chi connectivity index (χ2n) is 7.39. The maximum Gasteiger partial charge on any atom is 0.251 e. The predicted molar refractivity (Wildman–Crippen MR) is 96.7 cm³/mol. The first-order valence-electron chi connectivity index (χ1n) is 9.52. The monoisotopic (exact) mass is 341 g/mol. The fourth-order valence-corrected chi connectivity index (χ4v) is 4.26. The Bertz CT molecular complexity index is 694. The van der Waals surface area contributed by atoms with Gasteiger partial charge in [0.25, 0.3) is 5.89 Å². The van der Waals surface area contributed by atoms with Gasteiger partial charge in [0.2, 0.25) is 5.89 Å². The van der Waals surface area contributed by atoms with E-state index in [0.717, 1.165) is 42.6 Å². The highest BCUT2D eigenvalue weighted by atomic mass is 16.5. The molecule has 0 unspecified atom stereocenters. The van der Waals surface area contributed by atoms with Gasteiger partial charge >= 0.3 is 0 Å². The summed E-state index contributed by atoms with van der Waals surface area (Å²) >= 11 is 0. The molecule has 1 atom stereocenters. The summed E-state index contributed by atoms with van der Waals surface area (Å²) in [7, 11) is 1.66. The molecule has 2 aliphatic rings. The lowest BCUT2D eigenvalue weighted by atomic mass is 9.89. The Morgan fingerprint density at radius 3 is 2.80 bits per heavy atom. The van der Waals surface area contributed by atoms with Crippen LogP contribution in [0.25, 0.3) is 11.5 Å². The van der Waals surface area contributed by atoms with Crippen molar-refractivity contribution >= 4 is 0 Å². The van der Waals surface area contributed by atoms with Crippen LogP contribution < -0.4 is 4.74 Å². The van der Waals surface area contributed by atoms with E-state index in [0.29, 0.717) is 11.8 Å². The molecule has 4 rings (SSSR count). The molecule has 0 amide bonds. The number of para-hydroxylation sites is 1. The van der Waals surface area contributed by atoms with Crippen molar-refractivity contribution in [2.45, 2.75) is 44.4 Å². The number of benzene rings is 1. The molecule has 5 nitrogen and oxygen atoms in total. The van der Waals surface area contributed by atoms with Crippen molar-refractivity contribution in [2.75, 3.05) is 26.7 Å². The van der Waals surface area contributed by atoms with Gasteiger partial charge in [-0.2, -0.15) is 0 Å². The van der Waals surface area contributed by atoms with E-state index in [1.165, 1.54) is 38.6 Å². The highest BCUT2D eigenvalue weighted by Gasteiger charge is 2.30. The van der Waals surface area contributed by atoms with Gasteiger partial charge in [-0.15, -0.1) is 10.2 Å². The van der Waals surface area contributed by atoms with Crippen molar-refractivity contribution in [3.05, 3.63) is 30.2 Å². The first kappa shape index (κ1) is 16.6. The van der Waals surface area contributed by atoms with Gasteiger partial charge in [0.05, 0.1) is 18.6 Å². The Morgan fingerprint density at radius 1 is 1.12 bits per heavy atom. The summed E-state index contributed by atoms with van der Waals surface area (Å²) in [6, 6.07) is 7.78. The summed E-state index contributed by atoms with van der Waals surface area (Å²) in [4.78, 5) is 2.59. The van der Waals surface area contributed by atoms with Crippen molar-refractivity contribution in [1.29, 1.82) is 0 Å². The van der Waals surface area contributed by atoms with E-state index in [1.54, 1.807) is 7.11 Å². The standard InChI is InChI=1S/C20H27N3O2/c1-24-18-10-6-5-9-17(18)20-22-21-19(25-20)16-11-12-23(14-16)13-15-7-3-2-4-8-15/h5-6,9-10,15-16H,2-4,7-8,11-14H2,1H3/t16-/m0/s1. The lowest BCUT2D eigenvalue weighted by Gasteiger charge is -2.26. The van der Waals surface area contributed by atoms with Crippen LogP contribution in [0.15, 0.2) is 28.7 Å². The molecule has 0 radical (unpaired) electrons. The topological polar surface area (TPSA) is 51.4 Å². The van der Waals surface area contributed by atoms with Gasteiger partial charge in [0.1, 0.15) is 5.75 Å². The normalized spacial score (nSPS) is 22.4. The van der Waals surface area contributed by atoms with E-state index in [4.69, 9.17) is 9.15 Å². The van der Waals surface area contributed by atoms with Gasteiger partial charge in [-0.1, -0.05) is 31.4 Å². The van der Waals surface area contributed by atoms with Crippen LogP contribution in [-0.2, 0) is 0 Å². The van der Waals surface area contributed by atoms with Crippen molar-refractivity contribution in [3.63, 3.8) is 0 Å². The lowest BCUT2D eigenvalue weighted by molar-refractivity contribution is 0.230. The predicted octanol–water partition coefficient (Wildman–Crippen LogP) is 4.11. The van der Waals surface area contributed by atoms with Crippen LogP contribution in [-0.4, -0.2) is 41.8 Å². The fraction of sp³-hybridized carbons (Fsp3) is 0.600. The van der Waals surface area contributed by atoms with Gasteiger partial charge in [0.15, 0.2) is 0 Å². The fourth-order valence-electron chi connectivity index (χ4n) is 4.26. The number of rotatable bonds is 5. The maximum atomic E-state index is 6.01. The molecule has 2 aromatic rings. The summed E-state index contributed by atoms with van der Waals surface area (Å²) in [6.07, 6.45) is 8.16. The van der Waals surface area contributed by atoms with Gasteiger partial charge < -0.3 is 14.1 Å². The van der Waals surface area contributed by atoms with E-state index >= 15 is 0 Å². The first-order valence-corrected chi connectivity index (χ1v) is 9.52. The molecule has 0 N–H and O–H groups in total. The number of hydrogen-bond donors (Lipinski definition) is 0. The zero-order chi connectivity index (χ0) is 17.1. The largest absolute Gasteiger partial charge is 0.496 e. The Labute approximate surface area is 149 Å². The molecule has 25 heavy (non-hydrogen) atoms. The zero-order valence-electron chi connectivity index (χ0n) is 15.0. The Balaban J connectivity index is 1.41. The average Bonchev–Trinajstić information content (AvgIpc) is 3.32. The van der Waals surface area contributed by atoms with Gasteiger partial charge in [-0.25, -0.2) is 0 Å². The van der Waals surface area contributed by atoms with Crippen molar-refractivity contribution < 1.29 is 9.15 Å². The number of likely N-dealkylation sites (tertiary alicyclic amines) is 1. The number of ether oxygens (including phenoxy) is 1. The lowest BCUT2D eigenvalue weighted by Crippen LogP contribution is -2.28. The highest BCUT2D eigenvalue weighted by molar-refractivity contribution is 5.62. The quantitative estimate of drug-likeness (QED) is 0.819. The van der Waals surface area contributed by atoms with E-state index in [-0.39, 0.29) is 0 Å². The SMILES string of the molecule is COc1ccccc1-c1nnc([C@H]2CCN(CC3CCCCC3)C2)o1. The number of aromatic nitrogens is 2.